The Morgan fingerprint density at radius 3 is 2.35 bits per heavy atom. The lowest BCUT2D eigenvalue weighted by Crippen LogP contribution is -2.25. The average molecular weight is 309 g/mol. The number of fused-ring (bicyclic) bond motifs is 1. The molecule has 0 fully saturated rings. The summed E-state index contributed by atoms with van der Waals surface area (Å²) >= 11 is 0. The van der Waals surface area contributed by atoms with Crippen LogP contribution in [0.2, 0.25) is 0 Å². The Labute approximate surface area is 136 Å². The van der Waals surface area contributed by atoms with Gasteiger partial charge in [0.2, 0.25) is 0 Å². The van der Waals surface area contributed by atoms with Gasteiger partial charge in [-0.3, -0.25) is 9.13 Å². The lowest BCUT2D eigenvalue weighted by Gasteiger charge is -2.16. The van der Waals surface area contributed by atoms with Crippen molar-refractivity contribution >= 4 is 11.0 Å². The summed E-state index contributed by atoms with van der Waals surface area (Å²) in [5, 5.41) is 0. The molecule has 0 unspecified atom stereocenters. The molecule has 3 rings (SSSR count). The predicted octanol–water partition coefficient (Wildman–Crippen LogP) is 2.86. The largest absolute Gasteiger partial charge is 0.328 e. The van der Waals surface area contributed by atoms with Crippen LogP contribution < -0.4 is 5.69 Å². The summed E-state index contributed by atoms with van der Waals surface area (Å²) < 4.78 is 3.61. The standard InChI is InChI=1S/C19H23N3O/c1-20(15-16-9-4-3-5-10-16)13-8-14-22-18-12-7-6-11-17(18)21(2)19(22)23/h3-7,9-12H,8,13-15H2,1-2H3. The number of rotatable bonds is 6. The van der Waals surface area contributed by atoms with E-state index in [0.29, 0.717) is 0 Å². The topological polar surface area (TPSA) is 30.2 Å². The normalized spacial score (nSPS) is 11.4. The van der Waals surface area contributed by atoms with Crippen LogP contribution in [0.1, 0.15) is 12.0 Å². The van der Waals surface area contributed by atoms with Crippen LogP contribution in [-0.4, -0.2) is 27.6 Å². The first-order valence-corrected chi connectivity index (χ1v) is 8.03. The molecule has 0 aliphatic rings. The highest BCUT2D eigenvalue weighted by Crippen LogP contribution is 2.12. The van der Waals surface area contributed by atoms with Gasteiger partial charge in [-0.05, 0) is 37.7 Å². The smallest absolute Gasteiger partial charge is 0.302 e. The summed E-state index contributed by atoms with van der Waals surface area (Å²) in [4.78, 5) is 14.7. The zero-order chi connectivity index (χ0) is 16.2. The van der Waals surface area contributed by atoms with Gasteiger partial charge < -0.3 is 4.90 Å². The SMILES string of the molecule is CN(CCCn1c(=O)n(C)c2ccccc21)Cc1ccccc1. The van der Waals surface area contributed by atoms with Gasteiger partial charge in [0.15, 0.2) is 0 Å². The number of benzene rings is 2. The molecule has 0 amide bonds. The molecule has 0 radical (unpaired) electrons. The van der Waals surface area contributed by atoms with E-state index in [-0.39, 0.29) is 5.69 Å². The number of nitrogens with zero attached hydrogens (tertiary/aromatic N) is 3. The van der Waals surface area contributed by atoms with E-state index in [1.165, 1.54) is 5.56 Å². The summed E-state index contributed by atoms with van der Waals surface area (Å²) in [7, 11) is 3.96. The van der Waals surface area contributed by atoms with E-state index >= 15 is 0 Å². The first-order valence-electron chi connectivity index (χ1n) is 8.03. The lowest BCUT2D eigenvalue weighted by molar-refractivity contribution is 0.314. The van der Waals surface area contributed by atoms with Crippen molar-refractivity contribution in [1.29, 1.82) is 0 Å². The molecular weight excluding hydrogens is 286 g/mol. The maximum atomic E-state index is 12.4. The third kappa shape index (κ3) is 3.37. The molecule has 0 aliphatic heterocycles. The molecule has 0 saturated carbocycles. The van der Waals surface area contributed by atoms with E-state index < -0.39 is 0 Å². The van der Waals surface area contributed by atoms with Crippen LogP contribution >= 0.6 is 0 Å². The van der Waals surface area contributed by atoms with E-state index in [0.717, 1.165) is 37.1 Å². The van der Waals surface area contributed by atoms with Crippen molar-refractivity contribution < 1.29 is 0 Å². The van der Waals surface area contributed by atoms with Crippen molar-refractivity contribution in [2.24, 2.45) is 7.05 Å². The van der Waals surface area contributed by atoms with Crippen LogP contribution in [0.5, 0.6) is 0 Å². The van der Waals surface area contributed by atoms with Gasteiger partial charge in [-0.1, -0.05) is 42.5 Å². The van der Waals surface area contributed by atoms with Gasteiger partial charge in [0.25, 0.3) is 0 Å². The Balaban J connectivity index is 1.63. The maximum absolute atomic E-state index is 12.4. The molecule has 4 heteroatoms. The minimum Gasteiger partial charge on any atom is -0.302 e. The highest BCUT2D eigenvalue weighted by molar-refractivity contribution is 5.75. The molecule has 120 valence electrons. The van der Waals surface area contributed by atoms with Crippen LogP contribution in [0.3, 0.4) is 0 Å². The van der Waals surface area contributed by atoms with E-state index in [2.05, 4.69) is 36.2 Å². The Morgan fingerprint density at radius 1 is 0.957 bits per heavy atom. The predicted molar refractivity (Wildman–Crippen MR) is 94.6 cm³/mol. The summed E-state index contributed by atoms with van der Waals surface area (Å²) in [5.41, 5.74) is 3.40. The quantitative estimate of drug-likeness (QED) is 0.701. The molecule has 3 aromatic rings. The minimum atomic E-state index is 0.0666. The van der Waals surface area contributed by atoms with Crippen molar-refractivity contribution in [3.05, 3.63) is 70.6 Å². The molecule has 0 atom stereocenters. The number of hydrogen-bond donors (Lipinski definition) is 0. The molecule has 2 aromatic carbocycles. The van der Waals surface area contributed by atoms with E-state index in [1.54, 1.807) is 4.57 Å². The van der Waals surface area contributed by atoms with Crippen molar-refractivity contribution in [2.75, 3.05) is 13.6 Å². The summed E-state index contributed by atoms with van der Waals surface area (Å²) in [5.74, 6) is 0. The Bertz CT molecular complexity index is 833. The number of hydrogen-bond acceptors (Lipinski definition) is 2. The van der Waals surface area contributed by atoms with Crippen LogP contribution in [0, 0.1) is 0 Å². The second-order valence-electron chi connectivity index (χ2n) is 6.06. The maximum Gasteiger partial charge on any atom is 0.328 e. The second-order valence-corrected chi connectivity index (χ2v) is 6.06. The highest BCUT2D eigenvalue weighted by Gasteiger charge is 2.09. The summed E-state index contributed by atoms with van der Waals surface area (Å²) in [6, 6.07) is 18.4. The van der Waals surface area contributed by atoms with Gasteiger partial charge in [0, 0.05) is 20.1 Å². The number of imidazole rings is 1. The average Bonchev–Trinajstić information content (AvgIpc) is 2.81. The van der Waals surface area contributed by atoms with Crippen molar-refractivity contribution in [2.45, 2.75) is 19.5 Å². The number of aryl methyl sites for hydroxylation is 2. The zero-order valence-corrected chi connectivity index (χ0v) is 13.8. The first-order chi connectivity index (χ1) is 11.2. The highest BCUT2D eigenvalue weighted by atomic mass is 16.1. The molecule has 0 saturated heterocycles. The molecule has 1 heterocycles. The Kier molecular flexibility index (Phi) is 4.63. The van der Waals surface area contributed by atoms with Gasteiger partial charge >= 0.3 is 5.69 Å². The molecule has 23 heavy (non-hydrogen) atoms. The fourth-order valence-corrected chi connectivity index (χ4v) is 3.05. The molecular formula is C19H23N3O. The zero-order valence-electron chi connectivity index (χ0n) is 13.8. The Hall–Kier alpha value is -2.33. The van der Waals surface area contributed by atoms with Gasteiger partial charge in [-0.15, -0.1) is 0 Å². The fraction of sp³-hybridized carbons (Fsp3) is 0.316. The molecule has 0 aliphatic carbocycles. The number of aromatic nitrogens is 2. The Morgan fingerprint density at radius 2 is 1.61 bits per heavy atom. The van der Waals surface area contributed by atoms with E-state index in [9.17, 15) is 4.79 Å². The first kappa shape index (κ1) is 15.6. The van der Waals surface area contributed by atoms with Crippen LogP contribution in [0.4, 0.5) is 0 Å². The summed E-state index contributed by atoms with van der Waals surface area (Å²) in [6.45, 7) is 2.65. The van der Waals surface area contributed by atoms with Crippen LogP contribution in [0.15, 0.2) is 59.4 Å². The third-order valence-corrected chi connectivity index (χ3v) is 4.27. The minimum absolute atomic E-state index is 0.0666. The van der Waals surface area contributed by atoms with Gasteiger partial charge in [0.05, 0.1) is 11.0 Å². The molecule has 0 bridgehead atoms. The van der Waals surface area contributed by atoms with Crippen LogP contribution in [-0.2, 0) is 20.1 Å². The molecule has 4 nitrogen and oxygen atoms in total. The van der Waals surface area contributed by atoms with E-state index in [4.69, 9.17) is 0 Å². The summed E-state index contributed by atoms with van der Waals surface area (Å²) in [6.07, 6.45) is 0.956. The van der Waals surface area contributed by atoms with Crippen molar-refractivity contribution in [3.63, 3.8) is 0 Å². The van der Waals surface area contributed by atoms with Gasteiger partial charge in [-0.25, -0.2) is 4.79 Å². The van der Waals surface area contributed by atoms with E-state index in [1.807, 2.05) is 41.9 Å². The second kappa shape index (κ2) is 6.84. The molecule has 1 aromatic heterocycles. The molecule has 0 N–H and O–H groups in total. The van der Waals surface area contributed by atoms with Gasteiger partial charge in [-0.2, -0.15) is 0 Å². The third-order valence-electron chi connectivity index (χ3n) is 4.27. The molecule has 0 spiro atoms. The van der Waals surface area contributed by atoms with Crippen molar-refractivity contribution in [1.82, 2.24) is 14.0 Å². The van der Waals surface area contributed by atoms with Gasteiger partial charge in [0.1, 0.15) is 0 Å². The van der Waals surface area contributed by atoms with Crippen molar-refractivity contribution in [3.8, 4) is 0 Å². The lowest BCUT2D eigenvalue weighted by atomic mass is 10.2. The number of para-hydroxylation sites is 2. The fourth-order valence-electron chi connectivity index (χ4n) is 3.05. The monoisotopic (exact) mass is 309 g/mol. The van der Waals surface area contributed by atoms with Crippen LogP contribution in [0.25, 0.3) is 11.0 Å².